The van der Waals surface area contributed by atoms with Crippen LogP contribution in [0.5, 0.6) is 0 Å². The van der Waals surface area contributed by atoms with E-state index in [0.29, 0.717) is 16.3 Å². The van der Waals surface area contributed by atoms with Crippen molar-refractivity contribution in [2.24, 2.45) is 11.8 Å². The Hall–Kier alpha value is -2.81. The molecule has 3 N–H and O–H groups in total. The highest BCUT2D eigenvalue weighted by Gasteiger charge is 2.71. The smallest absolute Gasteiger partial charge is 0.250 e. The fraction of sp³-hybridized carbons (Fsp3) is 0.318. The highest BCUT2D eigenvalue weighted by atomic mass is 35.5. The first-order chi connectivity index (χ1) is 14.8. The molecule has 0 aliphatic carbocycles. The molecule has 3 heterocycles. The minimum atomic E-state index is -1.65. The minimum Gasteiger partial charge on any atom is -0.392 e. The van der Waals surface area contributed by atoms with E-state index in [1.165, 1.54) is 25.1 Å². The third kappa shape index (κ3) is 2.68. The molecule has 2 aromatic carbocycles. The molecule has 0 radical (unpaired) electrons. The number of amides is 3. The number of rotatable bonds is 3. The number of carbonyl (C=O) groups is 3. The van der Waals surface area contributed by atoms with Gasteiger partial charge in [0.05, 0.1) is 24.5 Å². The predicted octanol–water partition coefficient (Wildman–Crippen LogP) is 1.78. The lowest BCUT2D eigenvalue weighted by molar-refractivity contribution is -0.143. The van der Waals surface area contributed by atoms with Gasteiger partial charge >= 0.3 is 0 Å². The van der Waals surface area contributed by atoms with Gasteiger partial charge in [0.15, 0.2) is 0 Å². The van der Waals surface area contributed by atoms with Crippen molar-refractivity contribution in [2.45, 2.75) is 31.2 Å². The van der Waals surface area contributed by atoms with E-state index in [1.807, 2.05) is 0 Å². The summed E-state index contributed by atoms with van der Waals surface area (Å²) in [6.07, 6.45) is -1.03. The van der Waals surface area contributed by atoms with Crippen molar-refractivity contribution in [3.05, 3.63) is 64.4 Å². The Morgan fingerprint density at radius 3 is 2.65 bits per heavy atom. The quantitative estimate of drug-likeness (QED) is 0.628. The molecule has 1 spiro atoms. The Bertz CT molecular complexity index is 1140. The van der Waals surface area contributed by atoms with E-state index in [1.54, 1.807) is 24.3 Å². The van der Waals surface area contributed by atoms with Gasteiger partial charge in [0.2, 0.25) is 17.7 Å². The topological polar surface area (TPSA) is 98.7 Å². The first kappa shape index (κ1) is 20.1. The lowest BCUT2D eigenvalue weighted by Gasteiger charge is -2.30. The van der Waals surface area contributed by atoms with Gasteiger partial charge in [-0.05, 0) is 36.8 Å². The van der Waals surface area contributed by atoms with Gasteiger partial charge < -0.3 is 10.4 Å². The van der Waals surface area contributed by atoms with Crippen molar-refractivity contribution in [1.29, 1.82) is 0 Å². The molecule has 3 aliphatic heterocycles. The summed E-state index contributed by atoms with van der Waals surface area (Å²) >= 11 is 6.22. The molecule has 2 fully saturated rings. The van der Waals surface area contributed by atoms with Crippen LogP contribution in [0.2, 0.25) is 5.02 Å². The van der Waals surface area contributed by atoms with Crippen molar-refractivity contribution >= 4 is 35.0 Å². The monoisotopic (exact) mass is 443 g/mol. The van der Waals surface area contributed by atoms with E-state index in [9.17, 15) is 23.9 Å². The first-order valence-electron chi connectivity index (χ1n) is 9.91. The number of aliphatic hydroxyl groups is 1. The third-order valence-electron chi connectivity index (χ3n) is 6.51. The summed E-state index contributed by atoms with van der Waals surface area (Å²) in [7, 11) is 0. The summed E-state index contributed by atoms with van der Waals surface area (Å²) < 4.78 is 14.1. The van der Waals surface area contributed by atoms with Gasteiger partial charge in [-0.25, -0.2) is 4.39 Å². The maximum atomic E-state index is 14.1. The zero-order valence-electron chi connectivity index (χ0n) is 16.4. The molecule has 0 aromatic heterocycles. The zero-order chi connectivity index (χ0) is 22.1. The van der Waals surface area contributed by atoms with E-state index in [2.05, 4.69) is 10.6 Å². The number of hydrogen-bond acceptors (Lipinski definition) is 5. The van der Waals surface area contributed by atoms with Gasteiger partial charge in [-0.1, -0.05) is 29.8 Å². The normalized spacial score (nSPS) is 30.0. The van der Waals surface area contributed by atoms with Gasteiger partial charge in [-0.3, -0.25) is 24.6 Å². The Morgan fingerprint density at radius 1 is 1.19 bits per heavy atom. The van der Waals surface area contributed by atoms with Crippen LogP contribution < -0.4 is 10.6 Å². The summed E-state index contributed by atoms with van der Waals surface area (Å²) in [5.41, 5.74) is -0.431. The standard InChI is InChI=1S/C22H19ClFN3O4/c1-10(28)18-16-17(20(30)27(19(16)29)9-11-4-2-3-5-14(11)23)22(26-18)13-8-12(24)6-7-15(13)25-21(22)31/h2-8,10,16-18,26,28H,9H2,1H3,(H,25,31)/t10-,16-,17-,18+,22-/m0/s1. The number of hydrogen-bond donors (Lipinski definition) is 3. The molecular weight excluding hydrogens is 425 g/mol. The Balaban J connectivity index is 1.63. The number of fused-ring (bicyclic) bond motifs is 4. The number of likely N-dealkylation sites (tertiary alicyclic amines) is 1. The number of halogens is 2. The van der Waals surface area contributed by atoms with Crippen LogP contribution in [-0.4, -0.2) is 39.9 Å². The lowest BCUT2D eigenvalue weighted by Crippen LogP contribution is -2.54. The molecule has 160 valence electrons. The number of anilines is 1. The van der Waals surface area contributed by atoms with Crippen LogP contribution in [0.1, 0.15) is 18.1 Å². The number of benzene rings is 2. The highest BCUT2D eigenvalue weighted by Crippen LogP contribution is 2.53. The zero-order valence-corrected chi connectivity index (χ0v) is 17.2. The van der Waals surface area contributed by atoms with E-state index in [0.717, 1.165) is 4.90 Å². The fourth-order valence-corrected chi connectivity index (χ4v) is 5.33. The summed E-state index contributed by atoms with van der Waals surface area (Å²) in [5.74, 6) is -4.27. The Morgan fingerprint density at radius 2 is 1.94 bits per heavy atom. The maximum absolute atomic E-state index is 14.1. The number of aliphatic hydroxyl groups excluding tert-OH is 1. The van der Waals surface area contributed by atoms with Crippen molar-refractivity contribution in [2.75, 3.05) is 5.32 Å². The fourth-order valence-electron chi connectivity index (χ4n) is 5.13. The Labute approximate surface area is 182 Å². The number of carbonyl (C=O) groups excluding carboxylic acids is 3. The predicted molar refractivity (Wildman–Crippen MR) is 109 cm³/mol. The molecule has 31 heavy (non-hydrogen) atoms. The van der Waals surface area contributed by atoms with Crippen molar-refractivity contribution in [3.8, 4) is 0 Å². The lowest BCUT2D eigenvalue weighted by atomic mass is 9.76. The van der Waals surface area contributed by atoms with Gasteiger partial charge in [0.25, 0.3) is 0 Å². The summed E-state index contributed by atoms with van der Waals surface area (Å²) in [4.78, 5) is 41.2. The average molecular weight is 444 g/mol. The molecule has 0 saturated carbocycles. The first-order valence-corrected chi connectivity index (χ1v) is 10.3. The van der Waals surface area contributed by atoms with Crippen molar-refractivity contribution < 1.29 is 23.9 Å². The molecule has 9 heteroatoms. The van der Waals surface area contributed by atoms with Crippen LogP contribution in [0.25, 0.3) is 0 Å². The second kappa shape index (κ2) is 6.85. The molecule has 2 aromatic rings. The average Bonchev–Trinajstić information content (AvgIpc) is 3.31. The maximum Gasteiger partial charge on any atom is 0.250 e. The summed E-state index contributed by atoms with van der Waals surface area (Å²) in [5, 5.41) is 16.5. The molecule has 3 amide bonds. The molecule has 7 nitrogen and oxygen atoms in total. The molecular formula is C22H19ClFN3O4. The second-order valence-electron chi connectivity index (χ2n) is 8.22. The molecule has 0 bridgehead atoms. The van der Waals surface area contributed by atoms with E-state index in [4.69, 9.17) is 11.6 Å². The summed E-state index contributed by atoms with van der Waals surface area (Å²) in [6, 6.07) is 9.82. The number of imide groups is 1. The summed E-state index contributed by atoms with van der Waals surface area (Å²) in [6.45, 7) is 1.44. The van der Waals surface area contributed by atoms with Crippen LogP contribution in [0.3, 0.4) is 0 Å². The van der Waals surface area contributed by atoms with Gasteiger partial charge in [-0.2, -0.15) is 0 Å². The van der Waals surface area contributed by atoms with Gasteiger partial charge in [-0.15, -0.1) is 0 Å². The number of nitrogens with one attached hydrogen (secondary N) is 2. The van der Waals surface area contributed by atoms with Crippen LogP contribution >= 0.6 is 11.6 Å². The van der Waals surface area contributed by atoms with Crippen LogP contribution in [0.4, 0.5) is 10.1 Å². The van der Waals surface area contributed by atoms with Crippen molar-refractivity contribution in [1.82, 2.24) is 10.2 Å². The Kier molecular flexibility index (Phi) is 4.44. The molecule has 5 atom stereocenters. The third-order valence-corrected chi connectivity index (χ3v) is 6.88. The van der Waals surface area contributed by atoms with E-state index >= 15 is 0 Å². The van der Waals surface area contributed by atoms with Crippen molar-refractivity contribution in [3.63, 3.8) is 0 Å². The van der Waals surface area contributed by atoms with Crippen LogP contribution in [0, 0.1) is 17.7 Å². The van der Waals surface area contributed by atoms with Gasteiger partial charge in [0, 0.05) is 22.3 Å². The van der Waals surface area contributed by atoms with E-state index in [-0.39, 0.29) is 12.1 Å². The molecule has 0 unspecified atom stereocenters. The minimum absolute atomic E-state index is 0.0510. The van der Waals surface area contributed by atoms with Crippen LogP contribution in [-0.2, 0) is 26.5 Å². The molecule has 5 rings (SSSR count). The molecule has 2 saturated heterocycles. The largest absolute Gasteiger partial charge is 0.392 e. The number of nitrogens with zero attached hydrogens (tertiary/aromatic N) is 1. The highest BCUT2D eigenvalue weighted by molar-refractivity contribution is 6.31. The van der Waals surface area contributed by atoms with Crippen LogP contribution in [0.15, 0.2) is 42.5 Å². The SMILES string of the molecule is C[C@H](O)[C@H]1N[C@]2(C(=O)Nc3ccc(F)cc32)[C@@H]2C(=O)N(Cc3ccccc3Cl)C(=O)[C@H]12. The van der Waals surface area contributed by atoms with E-state index < -0.39 is 53.1 Å². The van der Waals surface area contributed by atoms with Gasteiger partial charge in [0.1, 0.15) is 11.4 Å². The second-order valence-corrected chi connectivity index (χ2v) is 8.63. The molecule has 3 aliphatic rings.